The first-order valence-corrected chi connectivity index (χ1v) is 10.3. The lowest BCUT2D eigenvalue weighted by Crippen LogP contribution is -2.25. The normalized spacial score (nSPS) is 10.5. The van der Waals surface area contributed by atoms with Crippen molar-refractivity contribution >= 4 is 35.0 Å². The molecule has 0 bridgehead atoms. The average Bonchev–Trinajstić information content (AvgIpc) is 2.74. The molecule has 30 heavy (non-hydrogen) atoms. The third kappa shape index (κ3) is 7.21. The second-order valence-corrected chi connectivity index (χ2v) is 7.85. The Labute approximate surface area is 186 Å². The van der Waals surface area contributed by atoms with Gasteiger partial charge in [0.25, 0.3) is 0 Å². The summed E-state index contributed by atoms with van der Waals surface area (Å²) in [6.45, 7) is 0.859. The molecule has 3 rings (SSSR count). The summed E-state index contributed by atoms with van der Waals surface area (Å²) in [6.07, 6.45) is 0.606. The molecule has 0 aliphatic rings. The predicted molar refractivity (Wildman–Crippen MR) is 120 cm³/mol. The van der Waals surface area contributed by atoms with Crippen LogP contribution in [0.1, 0.15) is 22.3 Å². The van der Waals surface area contributed by atoms with Crippen LogP contribution in [0.15, 0.2) is 72.8 Å². The number of carbonyl (C=O) groups is 2. The Morgan fingerprint density at radius 1 is 0.600 bits per heavy atom. The van der Waals surface area contributed by atoms with E-state index in [-0.39, 0.29) is 11.8 Å². The summed E-state index contributed by atoms with van der Waals surface area (Å²) in [6, 6.07) is 22.2. The number of rotatable bonds is 8. The molecule has 0 unspecified atom stereocenters. The Balaban J connectivity index is 1.45. The average molecular weight is 441 g/mol. The first kappa shape index (κ1) is 21.9. The predicted octanol–water partition coefficient (Wildman–Crippen LogP) is 4.71. The number of benzene rings is 3. The van der Waals surface area contributed by atoms with Gasteiger partial charge in [-0.1, -0.05) is 71.7 Å². The quantitative estimate of drug-likeness (QED) is 0.532. The lowest BCUT2D eigenvalue weighted by Gasteiger charge is -2.09. The smallest absolute Gasteiger partial charge is 0.224 e. The highest BCUT2D eigenvalue weighted by atomic mass is 35.5. The van der Waals surface area contributed by atoms with Crippen LogP contribution in [-0.4, -0.2) is 11.8 Å². The molecule has 0 atom stereocenters. The Bertz CT molecular complexity index is 924. The van der Waals surface area contributed by atoms with E-state index in [2.05, 4.69) is 10.6 Å². The maximum atomic E-state index is 12.2. The standard InChI is InChI=1S/C24H22Cl2N2O2/c25-21-8-4-17(5-9-21)13-23(29)27-15-19-2-1-3-20(12-19)16-28-24(30)14-18-6-10-22(26)11-7-18/h1-12H,13-16H2,(H,27,29)(H,28,30). The minimum Gasteiger partial charge on any atom is -0.352 e. The van der Waals surface area contributed by atoms with Crippen molar-refractivity contribution in [3.05, 3.63) is 105 Å². The summed E-state index contributed by atoms with van der Waals surface area (Å²) in [5.74, 6) is -0.113. The third-order valence-electron chi connectivity index (χ3n) is 4.53. The van der Waals surface area contributed by atoms with Crippen LogP contribution in [0.5, 0.6) is 0 Å². The number of hydrogen-bond acceptors (Lipinski definition) is 2. The third-order valence-corrected chi connectivity index (χ3v) is 5.03. The summed E-state index contributed by atoms with van der Waals surface area (Å²) >= 11 is 11.7. The van der Waals surface area contributed by atoms with E-state index in [4.69, 9.17) is 23.2 Å². The first-order valence-electron chi connectivity index (χ1n) is 9.58. The summed E-state index contributed by atoms with van der Waals surface area (Å²) in [5.41, 5.74) is 3.77. The summed E-state index contributed by atoms with van der Waals surface area (Å²) in [5, 5.41) is 7.14. The van der Waals surface area contributed by atoms with Crippen LogP contribution in [0, 0.1) is 0 Å². The second kappa shape index (κ2) is 10.8. The highest BCUT2D eigenvalue weighted by Crippen LogP contribution is 2.11. The van der Waals surface area contributed by atoms with Crippen molar-refractivity contribution in [2.24, 2.45) is 0 Å². The molecule has 0 aromatic heterocycles. The number of hydrogen-bond donors (Lipinski definition) is 2. The van der Waals surface area contributed by atoms with Gasteiger partial charge in [-0.15, -0.1) is 0 Å². The fourth-order valence-electron chi connectivity index (χ4n) is 2.95. The minimum atomic E-state index is -0.0565. The fraction of sp³-hybridized carbons (Fsp3) is 0.167. The van der Waals surface area contributed by atoms with Gasteiger partial charge in [-0.05, 0) is 46.5 Å². The van der Waals surface area contributed by atoms with Crippen LogP contribution in [0.25, 0.3) is 0 Å². The molecule has 2 N–H and O–H groups in total. The minimum absolute atomic E-state index is 0.0565. The molecule has 4 nitrogen and oxygen atoms in total. The van der Waals surface area contributed by atoms with Crippen molar-refractivity contribution in [2.75, 3.05) is 0 Å². The van der Waals surface area contributed by atoms with E-state index in [1.54, 1.807) is 24.3 Å². The molecule has 0 saturated carbocycles. The van der Waals surface area contributed by atoms with Gasteiger partial charge >= 0.3 is 0 Å². The fourth-order valence-corrected chi connectivity index (χ4v) is 3.20. The van der Waals surface area contributed by atoms with Crippen LogP contribution in [0.3, 0.4) is 0 Å². The Hall–Kier alpha value is -2.82. The van der Waals surface area contributed by atoms with E-state index in [1.807, 2.05) is 48.5 Å². The summed E-state index contributed by atoms with van der Waals surface area (Å²) in [4.78, 5) is 24.3. The monoisotopic (exact) mass is 440 g/mol. The van der Waals surface area contributed by atoms with Crippen LogP contribution in [0.4, 0.5) is 0 Å². The van der Waals surface area contributed by atoms with Gasteiger partial charge in [-0.25, -0.2) is 0 Å². The van der Waals surface area contributed by atoms with E-state index in [9.17, 15) is 9.59 Å². The maximum Gasteiger partial charge on any atom is 0.224 e. The van der Waals surface area contributed by atoms with Gasteiger partial charge in [0.1, 0.15) is 0 Å². The van der Waals surface area contributed by atoms with Crippen molar-refractivity contribution in [3.63, 3.8) is 0 Å². The molecule has 0 aliphatic heterocycles. The van der Waals surface area contributed by atoms with Crippen molar-refractivity contribution in [3.8, 4) is 0 Å². The van der Waals surface area contributed by atoms with E-state index >= 15 is 0 Å². The Morgan fingerprint density at radius 3 is 1.40 bits per heavy atom. The second-order valence-electron chi connectivity index (χ2n) is 6.98. The molecule has 0 spiro atoms. The molecule has 3 aromatic carbocycles. The van der Waals surface area contributed by atoms with Crippen LogP contribution >= 0.6 is 23.2 Å². The number of amides is 2. The Morgan fingerprint density at radius 2 is 1.00 bits per heavy atom. The van der Waals surface area contributed by atoms with Crippen LogP contribution in [-0.2, 0) is 35.5 Å². The van der Waals surface area contributed by atoms with Crippen molar-refractivity contribution < 1.29 is 9.59 Å². The number of halogens is 2. The van der Waals surface area contributed by atoms with Crippen LogP contribution in [0.2, 0.25) is 10.0 Å². The van der Waals surface area contributed by atoms with Crippen molar-refractivity contribution in [1.29, 1.82) is 0 Å². The van der Waals surface area contributed by atoms with E-state index in [0.717, 1.165) is 22.3 Å². The molecule has 0 aliphatic carbocycles. The molecular formula is C24H22Cl2N2O2. The molecule has 0 saturated heterocycles. The first-order chi connectivity index (χ1) is 14.5. The lowest BCUT2D eigenvalue weighted by molar-refractivity contribution is -0.121. The molecule has 3 aromatic rings. The molecule has 0 heterocycles. The maximum absolute atomic E-state index is 12.2. The molecule has 6 heteroatoms. The summed E-state index contributed by atoms with van der Waals surface area (Å²) in [7, 11) is 0. The van der Waals surface area contributed by atoms with Gasteiger partial charge in [-0.3, -0.25) is 9.59 Å². The molecule has 154 valence electrons. The van der Waals surface area contributed by atoms with Crippen LogP contribution < -0.4 is 10.6 Å². The molecular weight excluding hydrogens is 419 g/mol. The highest BCUT2D eigenvalue weighted by Gasteiger charge is 2.06. The van der Waals surface area contributed by atoms with Gasteiger partial charge < -0.3 is 10.6 Å². The largest absolute Gasteiger partial charge is 0.352 e. The lowest BCUT2D eigenvalue weighted by atomic mass is 10.1. The van der Waals surface area contributed by atoms with E-state index in [1.165, 1.54) is 0 Å². The number of carbonyl (C=O) groups excluding carboxylic acids is 2. The zero-order chi connectivity index (χ0) is 21.3. The van der Waals surface area contributed by atoms with Gasteiger partial charge in [0, 0.05) is 23.1 Å². The zero-order valence-corrected chi connectivity index (χ0v) is 17.8. The highest BCUT2D eigenvalue weighted by molar-refractivity contribution is 6.30. The van der Waals surface area contributed by atoms with Gasteiger partial charge in [0.15, 0.2) is 0 Å². The van der Waals surface area contributed by atoms with E-state index < -0.39 is 0 Å². The van der Waals surface area contributed by atoms with Gasteiger partial charge in [-0.2, -0.15) is 0 Å². The van der Waals surface area contributed by atoms with Gasteiger partial charge in [0.2, 0.25) is 11.8 Å². The molecule has 2 amide bonds. The summed E-state index contributed by atoms with van der Waals surface area (Å²) < 4.78 is 0. The molecule has 0 radical (unpaired) electrons. The topological polar surface area (TPSA) is 58.2 Å². The van der Waals surface area contributed by atoms with E-state index in [0.29, 0.717) is 36.0 Å². The molecule has 0 fully saturated rings. The van der Waals surface area contributed by atoms with Gasteiger partial charge in [0.05, 0.1) is 12.8 Å². The van der Waals surface area contributed by atoms with Crippen molar-refractivity contribution in [2.45, 2.75) is 25.9 Å². The SMILES string of the molecule is O=C(Cc1ccc(Cl)cc1)NCc1cccc(CNC(=O)Cc2ccc(Cl)cc2)c1. The number of nitrogens with one attached hydrogen (secondary N) is 2. The zero-order valence-electron chi connectivity index (χ0n) is 16.3. The van der Waals surface area contributed by atoms with Crippen molar-refractivity contribution in [1.82, 2.24) is 10.6 Å². The Kier molecular flexibility index (Phi) is 7.89.